The second-order valence-electron chi connectivity index (χ2n) is 9.97. The minimum Gasteiger partial charge on any atom is -0.503 e. The van der Waals surface area contributed by atoms with E-state index in [1.165, 1.54) is 7.11 Å². The molecule has 0 fully saturated rings. The van der Waals surface area contributed by atoms with E-state index < -0.39 is 23.5 Å². The van der Waals surface area contributed by atoms with Crippen molar-refractivity contribution in [2.45, 2.75) is 46.1 Å². The minimum atomic E-state index is -0.833. The molecule has 1 unspecified atom stereocenters. The Kier molecular flexibility index (Phi) is 9.94. The number of aliphatic hydroxyl groups excluding tert-OH is 1. The number of rotatable bonds is 15. The number of ketones is 1. The van der Waals surface area contributed by atoms with Crippen LogP contribution in [0.4, 0.5) is 0 Å². The molecule has 1 amide bonds. The highest BCUT2D eigenvalue weighted by Crippen LogP contribution is 2.42. The molecule has 9 nitrogen and oxygen atoms in total. The number of hydrogen-bond acceptors (Lipinski definition) is 8. The summed E-state index contributed by atoms with van der Waals surface area (Å²) in [6.45, 7) is 9.75. The van der Waals surface area contributed by atoms with Crippen molar-refractivity contribution in [3.05, 3.63) is 65.1 Å². The Balaban J connectivity index is 1.74. The van der Waals surface area contributed by atoms with Crippen molar-refractivity contribution in [3.8, 4) is 17.2 Å². The lowest BCUT2D eigenvalue weighted by molar-refractivity contribution is -0.129. The molecule has 0 radical (unpaired) electrons. The highest BCUT2D eigenvalue weighted by atomic mass is 16.5. The van der Waals surface area contributed by atoms with Gasteiger partial charge < -0.3 is 33.5 Å². The number of fused-ring (bicyclic) bond motifs is 1. The molecule has 1 N–H and O–H groups in total. The molecule has 2 heterocycles. The molecule has 0 saturated heterocycles. The van der Waals surface area contributed by atoms with Crippen molar-refractivity contribution in [2.75, 3.05) is 47.0 Å². The molecule has 2 aromatic carbocycles. The predicted octanol–water partition coefficient (Wildman–Crippen LogP) is 5.94. The molecule has 4 rings (SSSR count). The zero-order chi connectivity index (χ0) is 29.5. The van der Waals surface area contributed by atoms with Crippen molar-refractivity contribution < 1.29 is 33.3 Å². The number of carbonyl (C=O) groups is 2. The molecule has 1 aromatic heterocycles. The molecule has 0 bridgehead atoms. The molecular weight excluding hydrogens is 524 g/mol. The van der Waals surface area contributed by atoms with E-state index in [1.54, 1.807) is 42.3 Å². The molecule has 9 heteroatoms. The van der Waals surface area contributed by atoms with Gasteiger partial charge in [0.15, 0.2) is 34.4 Å². The van der Waals surface area contributed by atoms with Crippen LogP contribution in [-0.2, 0) is 4.79 Å². The van der Waals surface area contributed by atoms with Gasteiger partial charge in [0, 0.05) is 11.9 Å². The highest BCUT2D eigenvalue weighted by Gasteiger charge is 2.44. The number of methoxy groups -OCH3 is 2. The van der Waals surface area contributed by atoms with E-state index >= 15 is 0 Å². The molecule has 0 saturated carbocycles. The van der Waals surface area contributed by atoms with Crippen LogP contribution in [0.1, 0.15) is 62.2 Å². The number of nitrogens with zero attached hydrogens (tertiary/aromatic N) is 2. The number of Topliss-reactive ketones (excluding diaryl/α,β-unsaturated/α-hetero) is 1. The maximum atomic E-state index is 14.0. The highest BCUT2D eigenvalue weighted by molar-refractivity contribution is 6.16. The lowest BCUT2D eigenvalue weighted by atomic mass is 9.94. The number of benzene rings is 2. The van der Waals surface area contributed by atoms with Gasteiger partial charge in [0.1, 0.15) is 0 Å². The predicted molar refractivity (Wildman–Crippen MR) is 157 cm³/mol. The topological polar surface area (TPSA) is 102 Å². The third kappa shape index (κ3) is 6.20. The molecule has 1 aliphatic rings. The van der Waals surface area contributed by atoms with Crippen molar-refractivity contribution in [1.29, 1.82) is 0 Å². The fourth-order valence-corrected chi connectivity index (χ4v) is 5.21. The molecular formula is C32H40N2O7. The van der Waals surface area contributed by atoms with Crippen LogP contribution < -0.4 is 14.2 Å². The third-order valence-corrected chi connectivity index (χ3v) is 7.53. The fraction of sp³-hybridized carbons (Fsp3) is 0.438. The maximum absolute atomic E-state index is 14.0. The number of amides is 1. The molecule has 220 valence electrons. The van der Waals surface area contributed by atoms with E-state index in [4.69, 9.17) is 18.6 Å². The van der Waals surface area contributed by atoms with Gasteiger partial charge in [-0.3, -0.25) is 9.59 Å². The largest absolute Gasteiger partial charge is 0.503 e. The number of aliphatic hydroxyl groups is 1. The molecule has 0 aliphatic carbocycles. The molecule has 1 aliphatic heterocycles. The summed E-state index contributed by atoms with van der Waals surface area (Å²) in [6.07, 6.45) is 2.58. The van der Waals surface area contributed by atoms with E-state index in [-0.39, 0.29) is 11.3 Å². The number of para-hydroxylation sites is 1. The first kappa shape index (κ1) is 30.0. The molecule has 41 heavy (non-hydrogen) atoms. The second kappa shape index (κ2) is 13.6. The van der Waals surface area contributed by atoms with E-state index in [1.807, 2.05) is 12.1 Å². The van der Waals surface area contributed by atoms with Crippen molar-refractivity contribution in [2.24, 2.45) is 0 Å². The van der Waals surface area contributed by atoms with E-state index in [2.05, 4.69) is 25.7 Å². The zero-order valence-electron chi connectivity index (χ0n) is 24.6. The Morgan fingerprint density at radius 1 is 1.00 bits per heavy atom. The number of unbranched alkanes of at least 4 members (excludes halogenated alkanes) is 1. The van der Waals surface area contributed by atoms with Gasteiger partial charge in [-0.1, -0.05) is 45.4 Å². The van der Waals surface area contributed by atoms with Crippen LogP contribution in [0, 0.1) is 0 Å². The Hall–Kier alpha value is -3.98. The molecule has 1 atom stereocenters. The first-order valence-electron chi connectivity index (χ1n) is 14.3. The SMILES string of the molecule is CCCCOc1ccc(C2C(C(=O)c3cc4cccc(OC)c4o3)=C(O)C(=O)N2CCCN(CC)CC)cc1OC. The number of carbonyl (C=O) groups excluding carboxylic acids is 2. The summed E-state index contributed by atoms with van der Waals surface area (Å²) in [7, 11) is 3.08. The van der Waals surface area contributed by atoms with Crippen LogP contribution in [0.15, 0.2) is 58.2 Å². The molecule has 3 aromatic rings. The summed E-state index contributed by atoms with van der Waals surface area (Å²) >= 11 is 0. The summed E-state index contributed by atoms with van der Waals surface area (Å²) in [5.41, 5.74) is 1.02. The van der Waals surface area contributed by atoms with Crippen LogP contribution in [0.25, 0.3) is 11.0 Å². The van der Waals surface area contributed by atoms with Crippen molar-refractivity contribution in [3.63, 3.8) is 0 Å². The van der Waals surface area contributed by atoms with Crippen LogP contribution >= 0.6 is 0 Å². The minimum absolute atomic E-state index is 0.0142. The standard InChI is InChI=1S/C32H40N2O7/c1-6-9-18-40-23-15-14-21(19-25(23)39-5)28-27(30(36)32(37)34(28)17-11-16-33(7-2)8-3)29(35)26-20-22-12-10-13-24(38-4)31(22)41-26/h10,12-15,19-20,28,36H,6-9,11,16-18H2,1-5H3. The maximum Gasteiger partial charge on any atom is 0.290 e. The summed E-state index contributed by atoms with van der Waals surface area (Å²) < 4.78 is 22.8. The Morgan fingerprint density at radius 2 is 1.76 bits per heavy atom. The fourth-order valence-electron chi connectivity index (χ4n) is 5.21. The van der Waals surface area contributed by atoms with Crippen LogP contribution in [0.5, 0.6) is 17.2 Å². The van der Waals surface area contributed by atoms with Crippen molar-refractivity contribution in [1.82, 2.24) is 9.80 Å². The summed E-state index contributed by atoms with van der Waals surface area (Å²) in [6, 6.07) is 11.5. The lowest BCUT2D eigenvalue weighted by Gasteiger charge is -2.28. The number of hydrogen-bond donors (Lipinski definition) is 1. The van der Waals surface area contributed by atoms with Crippen molar-refractivity contribution >= 4 is 22.7 Å². The number of ether oxygens (including phenoxy) is 3. The van der Waals surface area contributed by atoms with Gasteiger partial charge in [-0.2, -0.15) is 0 Å². The quantitative estimate of drug-likeness (QED) is 0.179. The summed E-state index contributed by atoms with van der Waals surface area (Å²) in [5, 5.41) is 11.8. The first-order chi connectivity index (χ1) is 19.9. The smallest absolute Gasteiger partial charge is 0.290 e. The Labute approximate surface area is 241 Å². The Morgan fingerprint density at radius 3 is 2.44 bits per heavy atom. The Bertz CT molecular complexity index is 1410. The van der Waals surface area contributed by atoms with Gasteiger partial charge in [0.05, 0.1) is 32.4 Å². The van der Waals surface area contributed by atoms with Gasteiger partial charge in [-0.05, 0) is 62.3 Å². The average molecular weight is 565 g/mol. The van der Waals surface area contributed by atoms with E-state index in [0.717, 1.165) is 32.5 Å². The van der Waals surface area contributed by atoms with Gasteiger partial charge in [-0.25, -0.2) is 0 Å². The van der Waals surface area contributed by atoms with E-state index in [0.29, 0.717) is 53.4 Å². The summed E-state index contributed by atoms with van der Waals surface area (Å²) in [4.78, 5) is 31.3. The van der Waals surface area contributed by atoms with Crippen LogP contribution in [0.2, 0.25) is 0 Å². The summed E-state index contributed by atoms with van der Waals surface area (Å²) in [5.74, 6) is -0.159. The first-order valence-corrected chi connectivity index (χ1v) is 14.3. The normalized spacial score (nSPS) is 15.3. The monoisotopic (exact) mass is 564 g/mol. The van der Waals surface area contributed by atoms with Gasteiger partial charge in [0.2, 0.25) is 5.78 Å². The van der Waals surface area contributed by atoms with Crippen LogP contribution in [0.3, 0.4) is 0 Å². The average Bonchev–Trinajstić information content (AvgIpc) is 3.54. The number of furan rings is 1. The van der Waals surface area contributed by atoms with Gasteiger partial charge in [0.25, 0.3) is 5.91 Å². The lowest BCUT2D eigenvalue weighted by Crippen LogP contribution is -2.34. The third-order valence-electron chi connectivity index (χ3n) is 7.53. The second-order valence-corrected chi connectivity index (χ2v) is 9.97. The van der Waals surface area contributed by atoms with E-state index in [9.17, 15) is 14.7 Å². The van der Waals surface area contributed by atoms with Gasteiger partial charge >= 0.3 is 0 Å². The molecule has 0 spiro atoms. The van der Waals surface area contributed by atoms with Gasteiger partial charge in [-0.15, -0.1) is 0 Å². The zero-order valence-corrected chi connectivity index (χ0v) is 24.6. The van der Waals surface area contributed by atoms with Crippen LogP contribution in [-0.4, -0.2) is 73.6 Å².